The van der Waals surface area contributed by atoms with Crippen LogP contribution in [0.2, 0.25) is 5.02 Å². The molecule has 0 spiro atoms. The number of hydrogen-bond acceptors (Lipinski definition) is 3. The lowest BCUT2D eigenvalue weighted by atomic mass is 10.2. The van der Waals surface area contributed by atoms with Gasteiger partial charge < -0.3 is 9.84 Å². The van der Waals surface area contributed by atoms with Gasteiger partial charge in [-0.2, -0.15) is 5.10 Å². The van der Waals surface area contributed by atoms with Gasteiger partial charge >= 0.3 is 0 Å². The quantitative estimate of drug-likeness (QED) is 0.884. The molecule has 1 aromatic heterocycles. The van der Waals surface area contributed by atoms with E-state index in [-0.39, 0.29) is 6.61 Å². The van der Waals surface area contributed by atoms with E-state index in [4.69, 9.17) is 16.3 Å². The molecule has 0 saturated carbocycles. The molecule has 2 aromatic rings. The van der Waals surface area contributed by atoms with Gasteiger partial charge in [0.05, 0.1) is 42.8 Å². The van der Waals surface area contributed by atoms with Crippen LogP contribution < -0.4 is 0 Å². The molecule has 0 aliphatic rings. The molecule has 19 heavy (non-hydrogen) atoms. The molecule has 0 amide bonds. The van der Waals surface area contributed by atoms with Crippen LogP contribution in [0.1, 0.15) is 11.3 Å². The number of nitrogens with zero attached hydrogens (tertiary/aromatic N) is 2. The Morgan fingerprint density at radius 1 is 1.37 bits per heavy atom. The van der Waals surface area contributed by atoms with Crippen LogP contribution in [0.15, 0.2) is 36.5 Å². The first-order valence-corrected chi connectivity index (χ1v) is 6.52. The molecule has 1 heterocycles. The van der Waals surface area contributed by atoms with E-state index in [1.165, 1.54) is 0 Å². The molecule has 4 nitrogen and oxygen atoms in total. The Balaban J connectivity index is 1.76. The minimum atomic E-state index is -0.599. The van der Waals surface area contributed by atoms with Crippen LogP contribution in [0.3, 0.4) is 0 Å². The number of hydrogen-bond donors (Lipinski definition) is 1. The fourth-order valence-corrected chi connectivity index (χ4v) is 1.89. The Morgan fingerprint density at radius 3 is 2.74 bits per heavy atom. The first-order valence-electron chi connectivity index (χ1n) is 6.14. The molecule has 1 N–H and O–H groups in total. The van der Waals surface area contributed by atoms with Crippen LogP contribution in [0.5, 0.6) is 0 Å². The highest BCUT2D eigenvalue weighted by Crippen LogP contribution is 2.13. The molecule has 0 fully saturated rings. The van der Waals surface area contributed by atoms with Crippen molar-refractivity contribution in [2.24, 2.45) is 0 Å². The first-order chi connectivity index (χ1) is 9.16. The molecule has 0 aliphatic carbocycles. The summed E-state index contributed by atoms with van der Waals surface area (Å²) in [6.07, 6.45) is 0.979. The van der Waals surface area contributed by atoms with Crippen molar-refractivity contribution in [2.45, 2.75) is 26.2 Å². The molecule has 0 aliphatic heterocycles. The van der Waals surface area contributed by atoms with E-state index in [0.717, 1.165) is 11.3 Å². The van der Waals surface area contributed by atoms with Gasteiger partial charge in [-0.15, -0.1) is 0 Å². The third-order valence-corrected chi connectivity index (χ3v) is 3.22. The van der Waals surface area contributed by atoms with Gasteiger partial charge in [-0.3, -0.25) is 4.68 Å². The molecule has 102 valence electrons. The third-order valence-electron chi connectivity index (χ3n) is 2.85. The van der Waals surface area contributed by atoms with Crippen LogP contribution in [-0.2, 0) is 17.9 Å². The Bertz CT molecular complexity index is 513. The van der Waals surface area contributed by atoms with Gasteiger partial charge in [0.15, 0.2) is 0 Å². The molecule has 1 unspecified atom stereocenters. The summed E-state index contributed by atoms with van der Waals surface area (Å²) in [7, 11) is 0. The van der Waals surface area contributed by atoms with Gasteiger partial charge in [0, 0.05) is 0 Å². The highest BCUT2D eigenvalue weighted by molar-refractivity contribution is 6.31. The van der Waals surface area contributed by atoms with Gasteiger partial charge in [-0.25, -0.2) is 0 Å². The van der Waals surface area contributed by atoms with Crippen molar-refractivity contribution in [2.75, 3.05) is 6.61 Å². The number of ether oxygens (including phenoxy) is 1. The molecule has 1 aromatic carbocycles. The Hall–Kier alpha value is -1.36. The van der Waals surface area contributed by atoms with Crippen LogP contribution in [-0.4, -0.2) is 27.6 Å². The number of aromatic nitrogens is 2. The maximum absolute atomic E-state index is 9.89. The Labute approximate surface area is 117 Å². The van der Waals surface area contributed by atoms with E-state index < -0.39 is 6.10 Å². The Morgan fingerprint density at radius 2 is 2.11 bits per heavy atom. The van der Waals surface area contributed by atoms with Crippen LogP contribution >= 0.6 is 11.6 Å². The normalized spacial score (nSPS) is 12.6. The second kappa shape index (κ2) is 6.70. The highest BCUT2D eigenvalue weighted by atomic mass is 35.5. The second-order valence-corrected chi connectivity index (χ2v) is 4.82. The molecule has 0 bridgehead atoms. The molecule has 2 rings (SSSR count). The van der Waals surface area contributed by atoms with E-state index >= 15 is 0 Å². The van der Waals surface area contributed by atoms with E-state index in [0.29, 0.717) is 18.2 Å². The van der Waals surface area contributed by atoms with Crippen molar-refractivity contribution in [3.63, 3.8) is 0 Å². The fourth-order valence-electron chi connectivity index (χ4n) is 1.75. The number of halogens is 1. The van der Waals surface area contributed by atoms with Crippen LogP contribution in [0.4, 0.5) is 0 Å². The van der Waals surface area contributed by atoms with E-state index in [1.807, 2.05) is 37.3 Å². The zero-order valence-corrected chi connectivity index (χ0v) is 11.5. The summed E-state index contributed by atoms with van der Waals surface area (Å²) < 4.78 is 7.16. The molecule has 1 atom stereocenters. The summed E-state index contributed by atoms with van der Waals surface area (Å²) in [5.41, 5.74) is 1.94. The third kappa shape index (κ3) is 4.06. The average Bonchev–Trinajstić information content (AvgIpc) is 2.72. The fraction of sp³-hybridized carbons (Fsp3) is 0.357. The summed E-state index contributed by atoms with van der Waals surface area (Å²) in [6, 6.07) is 9.87. The van der Waals surface area contributed by atoms with Gasteiger partial charge in [0.25, 0.3) is 0 Å². The lowest BCUT2D eigenvalue weighted by Gasteiger charge is -2.12. The highest BCUT2D eigenvalue weighted by Gasteiger charge is 2.10. The van der Waals surface area contributed by atoms with E-state index in [1.54, 1.807) is 10.9 Å². The summed E-state index contributed by atoms with van der Waals surface area (Å²) >= 11 is 5.90. The standard InChI is InChI=1S/C14H17ClN2O2/c1-11-14(15)7-16-17(11)8-13(18)10-19-9-12-5-3-2-4-6-12/h2-7,13,18H,8-10H2,1H3. The largest absolute Gasteiger partial charge is 0.389 e. The van der Waals surface area contributed by atoms with Crippen molar-refractivity contribution in [1.29, 1.82) is 0 Å². The summed E-state index contributed by atoms with van der Waals surface area (Å²) in [5.74, 6) is 0. The minimum Gasteiger partial charge on any atom is -0.389 e. The lowest BCUT2D eigenvalue weighted by molar-refractivity contribution is 0.0184. The predicted molar refractivity (Wildman–Crippen MR) is 74.1 cm³/mol. The van der Waals surface area contributed by atoms with Crippen LogP contribution in [0.25, 0.3) is 0 Å². The molecule has 0 saturated heterocycles. The molecular formula is C14H17ClN2O2. The van der Waals surface area contributed by atoms with Crippen molar-refractivity contribution in [3.8, 4) is 0 Å². The number of aliphatic hydroxyl groups excluding tert-OH is 1. The predicted octanol–water partition coefficient (Wildman–Crippen LogP) is 2.42. The summed E-state index contributed by atoms with van der Waals surface area (Å²) in [6.45, 7) is 3.02. The zero-order valence-electron chi connectivity index (χ0n) is 10.8. The van der Waals surface area contributed by atoms with Crippen molar-refractivity contribution in [3.05, 3.63) is 52.8 Å². The topological polar surface area (TPSA) is 47.3 Å². The molecule has 5 heteroatoms. The van der Waals surface area contributed by atoms with Crippen molar-refractivity contribution < 1.29 is 9.84 Å². The Kier molecular flexibility index (Phi) is 4.96. The van der Waals surface area contributed by atoms with Gasteiger partial charge in [0.2, 0.25) is 0 Å². The lowest BCUT2D eigenvalue weighted by Crippen LogP contribution is -2.23. The van der Waals surface area contributed by atoms with E-state index in [2.05, 4.69) is 5.10 Å². The van der Waals surface area contributed by atoms with E-state index in [9.17, 15) is 5.11 Å². The number of aliphatic hydroxyl groups is 1. The van der Waals surface area contributed by atoms with Gasteiger partial charge in [-0.05, 0) is 12.5 Å². The number of rotatable bonds is 6. The SMILES string of the molecule is Cc1c(Cl)cnn1CC(O)COCc1ccccc1. The molecule has 0 radical (unpaired) electrons. The first kappa shape index (κ1) is 14.1. The van der Waals surface area contributed by atoms with Crippen LogP contribution in [0, 0.1) is 6.92 Å². The van der Waals surface area contributed by atoms with Crippen molar-refractivity contribution >= 4 is 11.6 Å². The number of benzene rings is 1. The van der Waals surface area contributed by atoms with Gasteiger partial charge in [-0.1, -0.05) is 41.9 Å². The average molecular weight is 281 g/mol. The van der Waals surface area contributed by atoms with Gasteiger partial charge in [0.1, 0.15) is 0 Å². The summed E-state index contributed by atoms with van der Waals surface area (Å²) in [5, 5.41) is 14.6. The molecular weight excluding hydrogens is 264 g/mol. The smallest absolute Gasteiger partial charge is 0.0969 e. The monoisotopic (exact) mass is 280 g/mol. The maximum Gasteiger partial charge on any atom is 0.0969 e. The van der Waals surface area contributed by atoms with Crippen molar-refractivity contribution in [1.82, 2.24) is 9.78 Å². The minimum absolute atomic E-state index is 0.270. The second-order valence-electron chi connectivity index (χ2n) is 4.41. The summed E-state index contributed by atoms with van der Waals surface area (Å²) in [4.78, 5) is 0. The maximum atomic E-state index is 9.89. The zero-order chi connectivity index (χ0) is 13.7.